The van der Waals surface area contributed by atoms with Crippen molar-refractivity contribution in [3.05, 3.63) is 36.2 Å². The molecule has 1 atom stereocenters. The fourth-order valence-corrected chi connectivity index (χ4v) is 3.29. The first kappa shape index (κ1) is 13.2. The SMILES string of the molecule is c1ccc2nc(CNCC3CCN(C4CC4)C3)cnc2c1. The summed E-state index contributed by atoms with van der Waals surface area (Å²) in [5.74, 6) is 0.805. The second-order valence-corrected chi connectivity index (χ2v) is 6.36. The smallest absolute Gasteiger partial charge is 0.0890 e. The molecule has 0 bridgehead atoms. The molecule has 0 spiro atoms. The van der Waals surface area contributed by atoms with E-state index in [0.717, 1.165) is 41.8 Å². The Labute approximate surface area is 125 Å². The number of nitrogens with zero attached hydrogens (tertiary/aromatic N) is 3. The van der Waals surface area contributed by atoms with E-state index in [1.807, 2.05) is 30.5 Å². The molecule has 1 unspecified atom stereocenters. The average Bonchev–Trinajstić information content (AvgIpc) is 3.27. The van der Waals surface area contributed by atoms with Gasteiger partial charge >= 0.3 is 0 Å². The highest BCUT2D eigenvalue weighted by molar-refractivity contribution is 5.73. The van der Waals surface area contributed by atoms with E-state index >= 15 is 0 Å². The molecule has 1 aromatic carbocycles. The molecule has 2 aromatic rings. The van der Waals surface area contributed by atoms with Gasteiger partial charge in [0, 0.05) is 19.1 Å². The summed E-state index contributed by atoms with van der Waals surface area (Å²) in [6, 6.07) is 8.96. The number of hydrogen-bond acceptors (Lipinski definition) is 4. The van der Waals surface area contributed by atoms with Crippen LogP contribution >= 0.6 is 0 Å². The lowest BCUT2D eigenvalue weighted by Gasteiger charge is -2.15. The monoisotopic (exact) mass is 282 g/mol. The third-order valence-electron chi connectivity index (χ3n) is 4.62. The summed E-state index contributed by atoms with van der Waals surface area (Å²) in [6.45, 7) is 4.49. The van der Waals surface area contributed by atoms with Crippen LogP contribution in [0.3, 0.4) is 0 Å². The number of hydrogen-bond donors (Lipinski definition) is 1. The molecule has 4 nitrogen and oxygen atoms in total. The van der Waals surface area contributed by atoms with Gasteiger partial charge in [-0.1, -0.05) is 12.1 Å². The molecule has 2 fully saturated rings. The molecule has 110 valence electrons. The molecule has 1 N–H and O–H groups in total. The molecule has 4 rings (SSSR count). The predicted octanol–water partition coefficient (Wildman–Crippen LogP) is 2.20. The summed E-state index contributed by atoms with van der Waals surface area (Å²) >= 11 is 0. The summed E-state index contributed by atoms with van der Waals surface area (Å²) in [7, 11) is 0. The molecule has 0 radical (unpaired) electrons. The van der Waals surface area contributed by atoms with Crippen LogP contribution in [0.4, 0.5) is 0 Å². The van der Waals surface area contributed by atoms with E-state index in [4.69, 9.17) is 0 Å². The highest BCUT2D eigenvalue weighted by atomic mass is 15.2. The van der Waals surface area contributed by atoms with Gasteiger partial charge in [-0.2, -0.15) is 0 Å². The first-order valence-corrected chi connectivity index (χ1v) is 8.04. The van der Waals surface area contributed by atoms with Crippen molar-refractivity contribution in [1.82, 2.24) is 20.2 Å². The lowest BCUT2D eigenvalue weighted by Crippen LogP contribution is -2.27. The molecule has 4 heteroatoms. The van der Waals surface area contributed by atoms with Gasteiger partial charge in [0.1, 0.15) is 0 Å². The Balaban J connectivity index is 1.29. The molecule has 2 heterocycles. The van der Waals surface area contributed by atoms with Gasteiger partial charge in [-0.3, -0.25) is 4.98 Å². The molecule has 1 aliphatic heterocycles. The standard InChI is InChI=1S/C17H22N4/c1-2-4-17-16(3-1)19-11-14(20-17)10-18-9-13-7-8-21(12-13)15-5-6-15/h1-4,11,13,15,18H,5-10,12H2. The van der Waals surface area contributed by atoms with Crippen molar-refractivity contribution < 1.29 is 0 Å². The average molecular weight is 282 g/mol. The predicted molar refractivity (Wildman–Crippen MR) is 83.9 cm³/mol. The summed E-state index contributed by atoms with van der Waals surface area (Å²) < 4.78 is 0. The van der Waals surface area contributed by atoms with Gasteiger partial charge in [0.15, 0.2) is 0 Å². The van der Waals surface area contributed by atoms with Crippen LogP contribution in [-0.2, 0) is 6.54 Å². The molecule has 0 amide bonds. The van der Waals surface area contributed by atoms with E-state index in [1.54, 1.807) is 0 Å². The fourth-order valence-electron chi connectivity index (χ4n) is 3.29. The molecule has 1 aliphatic carbocycles. The van der Waals surface area contributed by atoms with Crippen molar-refractivity contribution >= 4 is 11.0 Å². The molecular formula is C17H22N4. The van der Waals surface area contributed by atoms with Crippen LogP contribution in [0.25, 0.3) is 11.0 Å². The number of likely N-dealkylation sites (tertiary alicyclic amines) is 1. The highest BCUT2D eigenvalue weighted by Crippen LogP contribution is 2.31. The van der Waals surface area contributed by atoms with E-state index in [2.05, 4.69) is 20.2 Å². The second kappa shape index (κ2) is 5.70. The Morgan fingerprint density at radius 2 is 2.00 bits per heavy atom. The van der Waals surface area contributed by atoms with Crippen LogP contribution in [0.5, 0.6) is 0 Å². The zero-order valence-electron chi connectivity index (χ0n) is 12.3. The van der Waals surface area contributed by atoms with E-state index in [0.29, 0.717) is 0 Å². The first-order chi connectivity index (χ1) is 10.4. The minimum absolute atomic E-state index is 0.805. The number of benzene rings is 1. The van der Waals surface area contributed by atoms with Crippen LogP contribution in [0.15, 0.2) is 30.5 Å². The van der Waals surface area contributed by atoms with Crippen molar-refractivity contribution in [1.29, 1.82) is 0 Å². The van der Waals surface area contributed by atoms with E-state index in [-0.39, 0.29) is 0 Å². The molecule has 1 aromatic heterocycles. The maximum atomic E-state index is 4.66. The van der Waals surface area contributed by atoms with Crippen molar-refractivity contribution in [2.75, 3.05) is 19.6 Å². The third-order valence-corrected chi connectivity index (χ3v) is 4.62. The number of rotatable bonds is 5. The van der Waals surface area contributed by atoms with Crippen LogP contribution < -0.4 is 5.32 Å². The number of fused-ring (bicyclic) bond motifs is 1. The second-order valence-electron chi connectivity index (χ2n) is 6.36. The van der Waals surface area contributed by atoms with Gasteiger partial charge < -0.3 is 10.2 Å². The Kier molecular flexibility index (Phi) is 3.57. The first-order valence-electron chi connectivity index (χ1n) is 8.04. The minimum atomic E-state index is 0.805. The molecule has 1 saturated heterocycles. The van der Waals surface area contributed by atoms with Crippen LogP contribution in [0, 0.1) is 5.92 Å². The largest absolute Gasteiger partial charge is 0.311 e. The molecular weight excluding hydrogens is 260 g/mol. The number of para-hydroxylation sites is 2. The minimum Gasteiger partial charge on any atom is -0.311 e. The summed E-state index contributed by atoms with van der Waals surface area (Å²) in [4.78, 5) is 11.8. The Bertz CT molecular complexity index is 623. The van der Waals surface area contributed by atoms with Crippen molar-refractivity contribution in [2.45, 2.75) is 31.8 Å². The van der Waals surface area contributed by atoms with Crippen molar-refractivity contribution in [3.8, 4) is 0 Å². The zero-order chi connectivity index (χ0) is 14.1. The number of nitrogens with one attached hydrogen (secondary N) is 1. The van der Waals surface area contributed by atoms with Crippen LogP contribution in [0.1, 0.15) is 25.0 Å². The highest BCUT2D eigenvalue weighted by Gasteiger charge is 2.33. The van der Waals surface area contributed by atoms with Gasteiger partial charge in [0.05, 0.1) is 22.9 Å². The zero-order valence-corrected chi connectivity index (χ0v) is 12.3. The van der Waals surface area contributed by atoms with Gasteiger partial charge in [0.2, 0.25) is 0 Å². The van der Waals surface area contributed by atoms with Gasteiger partial charge in [0.25, 0.3) is 0 Å². The van der Waals surface area contributed by atoms with E-state index in [9.17, 15) is 0 Å². The fraction of sp³-hybridized carbons (Fsp3) is 0.529. The topological polar surface area (TPSA) is 41.1 Å². The van der Waals surface area contributed by atoms with E-state index in [1.165, 1.54) is 32.4 Å². The Hall–Kier alpha value is -1.52. The Morgan fingerprint density at radius 1 is 1.14 bits per heavy atom. The van der Waals surface area contributed by atoms with Crippen LogP contribution in [0.2, 0.25) is 0 Å². The van der Waals surface area contributed by atoms with Gasteiger partial charge in [-0.15, -0.1) is 0 Å². The summed E-state index contributed by atoms with van der Waals surface area (Å²) in [6.07, 6.45) is 6.08. The maximum Gasteiger partial charge on any atom is 0.0890 e. The normalized spacial score (nSPS) is 23.0. The summed E-state index contributed by atoms with van der Waals surface area (Å²) in [5.41, 5.74) is 2.99. The lowest BCUT2D eigenvalue weighted by atomic mass is 10.1. The lowest BCUT2D eigenvalue weighted by molar-refractivity contribution is 0.311. The Morgan fingerprint density at radius 3 is 2.86 bits per heavy atom. The molecule has 21 heavy (non-hydrogen) atoms. The van der Waals surface area contributed by atoms with Gasteiger partial charge in [-0.25, -0.2) is 4.98 Å². The van der Waals surface area contributed by atoms with Crippen molar-refractivity contribution in [3.63, 3.8) is 0 Å². The molecule has 2 aliphatic rings. The summed E-state index contributed by atoms with van der Waals surface area (Å²) in [5, 5.41) is 3.56. The van der Waals surface area contributed by atoms with Crippen LogP contribution in [-0.4, -0.2) is 40.5 Å². The van der Waals surface area contributed by atoms with E-state index < -0.39 is 0 Å². The van der Waals surface area contributed by atoms with Crippen molar-refractivity contribution in [2.24, 2.45) is 5.92 Å². The molecule has 1 saturated carbocycles. The maximum absolute atomic E-state index is 4.66. The third kappa shape index (κ3) is 3.06. The quantitative estimate of drug-likeness (QED) is 0.913. The van der Waals surface area contributed by atoms with Gasteiger partial charge in [-0.05, 0) is 50.4 Å². The number of aromatic nitrogens is 2.